The van der Waals surface area contributed by atoms with E-state index in [1.807, 2.05) is 53.4 Å². The molecule has 2 aromatic heterocycles. The van der Waals surface area contributed by atoms with E-state index < -0.39 is 12.0 Å². The van der Waals surface area contributed by atoms with Crippen molar-refractivity contribution in [2.75, 3.05) is 5.75 Å². The molecule has 0 saturated heterocycles. The van der Waals surface area contributed by atoms with Gasteiger partial charge in [0.2, 0.25) is 5.16 Å². The zero-order valence-electron chi connectivity index (χ0n) is 12.1. The Morgan fingerprint density at radius 2 is 1.71 bits per heavy atom. The van der Waals surface area contributed by atoms with Crippen LogP contribution >= 0.6 is 11.8 Å². The van der Waals surface area contributed by atoms with Crippen molar-refractivity contribution < 1.29 is 13.2 Å². The van der Waals surface area contributed by atoms with Gasteiger partial charge in [0.1, 0.15) is 0 Å². The zero-order chi connectivity index (χ0) is 16.7. The first-order valence-electron chi connectivity index (χ1n) is 6.99. The second-order valence-electron chi connectivity index (χ2n) is 5.09. The van der Waals surface area contributed by atoms with Gasteiger partial charge in [0, 0.05) is 23.8 Å². The molecule has 0 unspecified atom stereocenters. The lowest BCUT2D eigenvalue weighted by atomic mass is 10.1. The maximum atomic E-state index is 12.9. The topological polar surface area (TPSA) is 48.0 Å². The third-order valence-corrected chi connectivity index (χ3v) is 4.46. The summed E-state index contributed by atoms with van der Waals surface area (Å²) in [7, 11) is 0. The van der Waals surface area contributed by atoms with Crippen molar-refractivity contribution in [2.24, 2.45) is 5.10 Å². The molecule has 0 saturated carbocycles. The van der Waals surface area contributed by atoms with E-state index >= 15 is 0 Å². The van der Waals surface area contributed by atoms with E-state index in [4.69, 9.17) is 0 Å². The third-order valence-electron chi connectivity index (χ3n) is 3.53. The van der Waals surface area contributed by atoms with Crippen LogP contribution in [0.15, 0.2) is 59.0 Å². The summed E-state index contributed by atoms with van der Waals surface area (Å²) in [6.45, 7) is 0. The van der Waals surface area contributed by atoms with Crippen molar-refractivity contribution in [3.05, 3.63) is 60.2 Å². The number of halogens is 3. The Labute approximate surface area is 138 Å². The molecule has 0 spiro atoms. The summed E-state index contributed by atoms with van der Waals surface area (Å²) in [6, 6.07) is 11.3. The molecule has 24 heavy (non-hydrogen) atoms. The first-order chi connectivity index (χ1) is 11.5. The van der Waals surface area contributed by atoms with Gasteiger partial charge in [0.05, 0.1) is 5.71 Å². The van der Waals surface area contributed by atoms with Crippen LogP contribution in [0.5, 0.6) is 0 Å². The summed E-state index contributed by atoms with van der Waals surface area (Å²) in [4.78, 5) is 0. The number of benzene rings is 1. The number of nitrogens with zero attached hydrogens (tertiary/aromatic N) is 5. The Kier molecular flexibility index (Phi) is 3.45. The number of alkyl halides is 3. The quantitative estimate of drug-likeness (QED) is 0.712. The number of fused-ring (bicyclic) bond motifs is 1. The van der Waals surface area contributed by atoms with Crippen LogP contribution in [0.4, 0.5) is 13.2 Å². The predicted octanol–water partition coefficient (Wildman–Crippen LogP) is 3.45. The van der Waals surface area contributed by atoms with Gasteiger partial charge in [-0.3, -0.25) is 0 Å². The minimum atomic E-state index is -4.59. The number of hydrogen-bond acceptors (Lipinski definition) is 4. The predicted molar refractivity (Wildman–Crippen MR) is 83.5 cm³/mol. The maximum Gasteiger partial charge on any atom is 0.453 e. The van der Waals surface area contributed by atoms with Gasteiger partial charge in [0.25, 0.3) is 5.82 Å². The van der Waals surface area contributed by atoms with Crippen molar-refractivity contribution in [1.82, 2.24) is 19.4 Å². The Morgan fingerprint density at radius 3 is 2.38 bits per heavy atom. The average molecular weight is 349 g/mol. The molecule has 0 amide bonds. The fourth-order valence-corrected chi connectivity index (χ4v) is 3.22. The van der Waals surface area contributed by atoms with Gasteiger partial charge in [-0.15, -0.1) is 10.2 Å². The van der Waals surface area contributed by atoms with Crippen molar-refractivity contribution >= 4 is 17.5 Å². The molecule has 1 aromatic carbocycles. The molecule has 1 aliphatic heterocycles. The van der Waals surface area contributed by atoms with Crippen molar-refractivity contribution in [2.45, 2.75) is 11.3 Å². The van der Waals surface area contributed by atoms with Crippen LogP contribution in [0.1, 0.15) is 11.4 Å². The van der Waals surface area contributed by atoms with E-state index in [-0.39, 0.29) is 5.16 Å². The molecule has 0 aliphatic carbocycles. The van der Waals surface area contributed by atoms with E-state index in [9.17, 15) is 13.2 Å². The minimum absolute atomic E-state index is 0.148. The zero-order valence-corrected chi connectivity index (χ0v) is 12.9. The molecule has 0 N–H and O–H groups in total. The van der Waals surface area contributed by atoms with Gasteiger partial charge in [-0.05, 0) is 29.8 Å². The number of rotatable bonds is 2. The van der Waals surface area contributed by atoms with Gasteiger partial charge < -0.3 is 4.57 Å². The molecular formula is C15H10F3N5S. The Hall–Kier alpha value is -2.55. The normalized spacial score (nSPS) is 14.4. The van der Waals surface area contributed by atoms with Crippen LogP contribution in [-0.4, -0.2) is 30.9 Å². The summed E-state index contributed by atoms with van der Waals surface area (Å²) >= 11 is 1.18. The monoisotopic (exact) mass is 349 g/mol. The molecular weight excluding hydrogens is 339 g/mol. The SMILES string of the molecule is FC(F)(F)c1nnc2n1N=C(c1ccc(-n3cccc3)cc1)CS2. The highest BCUT2D eigenvalue weighted by molar-refractivity contribution is 7.99. The molecule has 0 radical (unpaired) electrons. The minimum Gasteiger partial charge on any atom is -0.324 e. The van der Waals surface area contributed by atoms with Gasteiger partial charge in [-0.25, -0.2) is 0 Å². The lowest BCUT2D eigenvalue weighted by Crippen LogP contribution is -2.18. The highest BCUT2D eigenvalue weighted by atomic mass is 32.2. The molecule has 4 rings (SSSR count). The number of hydrogen-bond donors (Lipinski definition) is 0. The highest BCUT2D eigenvalue weighted by Gasteiger charge is 2.39. The smallest absolute Gasteiger partial charge is 0.324 e. The van der Waals surface area contributed by atoms with Gasteiger partial charge in [-0.2, -0.15) is 22.9 Å². The lowest BCUT2D eigenvalue weighted by molar-refractivity contribution is -0.147. The summed E-state index contributed by atoms with van der Waals surface area (Å²) in [5.41, 5.74) is 2.29. The molecule has 0 fully saturated rings. The number of thioether (sulfide) groups is 1. The van der Waals surface area contributed by atoms with Crippen LogP contribution in [0, 0.1) is 0 Å². The Balaban J connectivity index is 1.69. The van der Waals surface area contributed by atoms with E-state index in [2.05, 4.69) is 15.3 Å². The van der Waals surface area contributed by atoms with Crippen LogP contribution in [0.2, 0.25) is 0 Å². The lowest BCUT2D eigenvalue weighted by Gasteiger charge is -2.15. The Morgan fingerprint density at radius 1 is 1.00 bits per heavy atom. The van der Waals surface area contributed by atoms with Gasteiger partial charge >= 0.3 is 6.18 Å². The van der Waals surface area contributed by atoms with E-state index in [1.165, 1.54) is 11.8 Å². The first kappa shape index (κ1) is 15.0. The third kappa shape index (κ3) is 2.60. The number of aromatic nitrogens is 4. The molecule has 0 bridgehead atoms. The molecule has 3 aromatic rings. The molecule has 5 nitrogen and oxygen atoms in total. The van der Waals surface area contributed by atoms with Gasteiger partial charge in [-0.1, -0.05) is 23.9 Å². The fourth-order valence-electron chi connectivity index (χ4n) is 2.38. The fraction of sp³-hybridized carbons (Fsp3) is 0.133. The van der Waals surface area contributed by atoms with Crippen LogP contribution in [0.25, 0.3) is 5.69 Å². The van der Waals surface area contributed by atoms with Crippen molar-refractivity contribution in [1.29, 1.82) is 0 Å². The summed E-state index contributed by atoms with van der Waals surface area (Å²) in [6.07, 6.45) is -0.750. The van der Waals surface area contributed by atoms with Crippen molar-refractivity contribution in [3.63, 3.8) is 0 Å². The molecule has 1 aliphatic rings. The highest BCUT2D eigenvalue weighted by Crippen LogP contribution is 2.32. The molecule has 9 heteroatoms. The largest absolute Gasteiger partial charge is 0.453 e. The average Bonchev–Trinajstić information content (AvgIpc) is 3.23. The van der Waals surface area contributed by atoms with E-state index in [1.54, 1.807) is 0 Å². The first-order valence-corrected chi connectivity index (χ1v) is 7.98. The summed E-state index contributed by atoms with van der Waals surface area (Å²) in [5, 5.41) is 11.0. The molecule has 122 valence electrons. The van der Waals surface area contributed by atoms with Crippen LogP contribution in [-0.2, 0) is 6.18 Å². The van der Waals surface area contributed by atoms with Crippen molar-refractivity contribution in [3.8, 4) is 5.69 Å². The van der Waals surface area contributed by atoms with E-state index in [0.29, 0.717) is 11.5 Å². The van der Waals surface area contributed by atoms with Gasteiger partial charge in [0.15, 0.2) is 0 Å². The van der Waals surface area contributed by atoms with Crippen LogP contribution in [0.3, 0.4) is 0 Å². The molecule has 3 heterocycles. The second-order valence-corrected chi connectivity index (χ2v) is 6.03. The molecule has 0 atom stereocenters. The second kappa shape index (κ2) is 5.52. The summed E-state index contributed by atoms with van der Waals surface area (Å²) < 4.78 is 41.5. The Bertz CT molecular complexity index is 894. The maximum absolute atomic E-state index is 12.9. The van der Waals surface area contributed by atoms with Crippen LogP contribution < -0.4 is 0 Å². The summed E-state index contributed by atoms with van der Waals surface area (Å²) in [5.74, 6) is -0.662. The van der Waals surface area contributed by atoms with E-state index in [0.717, 1.165) is 15.9 Å². The standard InChI is InChI=1S/C15H10F3N5S/c16-15(17,18)13-19-20-14-23(13)21-12(9-24-14)10-3-5-11(6-4-10)22-7-1-2-8-22/h1-8H,9H2.